The first-order valence-electron chi connectivity index (χ1n) is 7.89. The van der Waals surface area contributed by atoms with Gasteiger partial charge in [-0.15, -0.1) is 11.3 Å². The van der Waals surface area contributed by atoms with Gasteiger partial charge in [0.05, 0.1) is 10.6 Å². The van der Waals surface area contributed by atoms with Crippen LogP contribution in [0.2, 0.25) is 0 Å². The highest BCUT2D eigenvalue weighted by molar-refractivity contribution is 7.89. The van der Waals surface area contributed by atoms with E-state index < -0.39 is 10.0 Å². The van der Waals surface area contributed by atoms with Gasteiger partial charge in [0.2, 0.25) is 10.0 Å². The van der Waals surface area contributed by atoms with Crippen LogP contribution in [0.3, 0.4) is 0 Å². The van der Waals surface area contributed by atoms with Crippen molar-refractivity contribution < 1.29 is 8.42 Å². The van der Waals surface area contributed by atoms with Crippen molar-refractivity contribution in [2.75, 3.05) is 6.54 Å². The average molecular weight is 374 g/mol. The average Bonchev–Trinajstić information content (AvgIpc) is 2.97. The van der Waals surface area contributed by atoms with Crippen LogP contribution >= 0.6 is 11.3 Å². The first-order chi connectivity index (χ1) is 12.0. The van der Waals surface area contributed by atoms with Gasteiger partial charge in [0.25, 0.3) is 0 Å². The van der Waals surface area contributed by atoms with E-state index in [9.17, 15) is 8.42 Å². The first kappa shape index (κ1) is 17.7. The Morgan fingerprint density at radius 2 is 2.00 bits per heavy atom. The Labute approximate surface area is 151 Å². The standard InChI is InChI=1S/C18H19N3O2S2/c1-13-5-3-7-16(11-13)25(22,23)20-10-8-17-14(2)21-18(24-17)15-6-4-9-19-12-15/h3-7,9,11-12,20H,8,10H2,1-2H3. The van der Waals surface area contributed by atoms with E-state index in [4.69, 9.17) is 0 Å². The van der Waals surface area contributed by atoms with Crippen molar-refractivity contribution in [1.29, 1.82) is 0 Å². The van der Waals surface area contributed by atoms with E-state index in [1.165, 1.54) is 0 Å². The lowest BCUT2D eigenvalue weighted by Crippen LogP contribution is -2.26. The number of nitrogens with zero attached hydrogens (tertiary/aromatic N) is 2. The van der Waals surface area contributed by atoms with Crippen LogP contribution in [0.15, 0.2) is 53.7 Å². The Balaban J connectivity index is 1.67. The minimum Gasteiger partial charge on any atom is -0.264 e. The van der Waals surface area contributed by atoms with E-state index in [-0.39, 0.29) is 0 Å². The van der Waals surface area contributed by atoms with Crippen LogP contribution in [0.5, 0.6) is 0 Å². The van der Waals surface area contributed by atoms with Crippen molar-refractivity contribution in [3.63, 3.8) is 0 Å². The van der Waals surface area contributed by atoms with Gasteiger partial charge in [-0.3, -0.25) is 4.98 Å². The molecule has 7 heteroatoms. The lowest BCUT2D eigenvalue weighted by molar-refractivity contribution is 0.581. The van der Waals surface area contributed by atoms with Crippen LogP contribution in [-0.2, 0) is 16.4 Å². The zero-order valence-corrected chi connectivity index (χ0v) is 15.7. The van der Waals surface area contributed by atoms with Crippen molar-refractivity contribution in [3.8, 4) is 10.6 Å². The fourth-order valence-electron chi connectivity index (χ4n) is 2.44. The number of nitrogens with one attached hydrogen (secondary N) is 1. The number of thiazole rings is 1. The maximum atomic E-state index is 12.4. The van der Waals surface area contributed by atoms with Crippen LogP contribution < -0.4 is 4.72 Å². The molecule has 0 saturated carbocycles. The van der Waals surface area contributed by atoms with Crippen molar-refractivity contribution >= 4 is 21.4 Å². The van der Waals surface area contributed by atoms with Gasteiger partial charge in [0, 0.05) is 29.4 Å². The third-order valence-electron chi connectivity index (χ3n) is 3.75. The quantitative estimate of drug-likeness (QED) is 0.719. The van der Waals surface area contributed by atoms with E-state index in [0.29, 0.717) is 17.9 Å². The molecule has 0 saturated heterocycles. The lowest BCUT2D eigenvalue weighted by atomic mass is 10.2. The molecule has 3 aromatic rings. The van der Waals surface area contributed by atoms with Crippen LogP contribution in [0.4, 0.5) is 0 Å². The molecule has 0 spiro atoms. The zero-order valence-electron chi connectivity index (χ0n) is 14.1. The van der Waals surface area contributed by atoms with Crippen molar-refractivity contribution in [1.82, 2.24) is 14.7 Å². The smallest absolute Gasteiger partial charge is 0.240 e. The molecule has 0 fully saturated rings. The Bertz CT molecular complexity index is 967. The first-order valence-corrected chi connectivity index (χ1v) is 10.2. The van der Waals surface area contributed by atoms with Crippen LogP contribution in [0, 0.1) is 13.8 Å². The molecule has 1 N–H and O–H groups in total. The number of rotatable bonds is 6. The molecule has 0 atom stereocenters. The highest BCUT2D eigenvalue weighted by atomic mass is 32.2. The number of hydrogen-bond donors (Lipinski definition) is 1. The molecule has 0 aliphatic rings. The molecule has 130 valence electrons. The Kier molecular flexibility index (Phi) is 5.27. The van der Waals surface area contributed by atoms with E-state index in [2.05, 4.69) is 14.7 Å². The molecule has 2 aromatic heterocycles. The lowest BCUT2D eigenvalue weighted by Gasteiger charge is -2.07. The highest BCUT2D eigenvalue weighted by Crippen LogP contribution is 2.27. The third kappa shape index (κ3) is 4.31. The number of aromatic nitrogens is 2. The second kappa shape index (κ2) is 7.43. The number of pyridine rings is 1. The van der Waals surface area contributed by atoms with Gasteiger partial charge < -0.3 is 0 Å². The van der Waals surface area contributed by atoms with E-state index in [0.717, 1.165) is 26.7 Å². The molecule has 25 heavy (non-hydrogen) atoms. The van der Waals surface area contributed by atoms with Gasteiger partial charge in [0.1, 0.15) is 5.01 Å². The van der Waals surface area contributed by atoms with Gasteiger partial charge in [-0.25, -0.2) is 18.1 Å². The van der Waals surface area contributed by atoms with Gasteiger partial charge in [-0.2, -0.15) is 0 Å². The summed E-state index contributed by atoms with van der Waals surface area (Å²) in [6.45, 7) is 4.16. The molecular formula is C18H19N3O2S2. The Hall–Kier alpha value is -2.09. The summed E-state index contributed by atoms with van der Waals surface area (Å²) in [4.78, 5) is 10.0. The number of hydrogen-bond acceptors (Lipinski definition) is 5. The largest absolute Gasteiger partial charge is 0.264 e. The molecule has 0 aliphatic carbocycles. The summed E-state index contributed by atoms with van der Waals surface area (Å²) in [5, 5.41) is 0.905. The monoisotopic (exact) mass is 373 g/mol. The predicted molar refractivity (Wildman–Crippen MR) is 100 cm³/mol. The fraction of sp³-hybridized carbons (Fsp3) is 0.222. The Morgan fingerprint density at radius 1 is 1.16 bits per heavy atom. The molecule has 2 heterocycles. The van der Waals surface area contributed by atoms with E-state index in [1.54, 1.807) is 41.9 Å². The van der Waals surface area contributed by atoms with E-state index >= 15 is 0 Å². The second-order valence-electron chi connectivity index (χ2n) is 5.73. The molecule has 0 unspecified atom stereocenters. The maximum Gasteiger partial charge on any atom is 0.240 e. The van der Waals surface area contributed by atoms with Crippen LogP contribution in [-0.4, -0.2) is 24.9 Å². The van der Waals surface area contributed by atoms with Crippen LogP contribution in [0.25, 0.3) is 10.6 Å². The summed E-state index contributed by atoms with van der Waals surface area (Å²) >= 11 is 1.58. The van der Waals surface area contributed by atoms with Crippen molar-refractivity contribution in [3.05, 3.63) is 64.9 Å². The van der Waals surface area contributed by atoms with Crippen molar-refractivity contribution in [2.24, 2.45) is 0 Å². The SMILES string of the molecule is Cc1cccc(S(=O)(=O)NCCc2sc(-c3cccnc3)nc2C)c1. The Morgan fingerprint density at radius 3 is 2.72 bits per heavy atom. The topological polar surface area (TPSA) is 72.0 Å². The molecule has 0 bridgehead atoms. The normalized spacial score (nSPS) is 11.6. The number of aryl methyl sites for hydroxylation is 2. The molecule has 0 radical (unpaired) electrons. The summed E-state index contributed by atoms with van der Waals surface area (Å²) in [6.07, 6.45) is 4.11. The second-order valence-corrected chi connectivity index (χ2v) is 8.58. The van der Waals surface area contributed by atoms with Crippen molar-refractivity contribution in [2.45, 2.75) is 25.2 Å². The predicted octanol–water partition coefficient (Wildman–Crippen LogP) is 3.34. The maximum absolute atomic E-state index is 12.4. The van der Waals surface area contributed by atoms with Gasteiger partial charge >= 0.3 is 0 Å². The molecular weight excluding hydrogens is 354 g/mol. The molecule has 5 nitrogen and oxygen atoms in total. The molecule has 3 rings (SSSR count). The van der Waals surface area contributed by atoms with Gasteiger partial charge in [-0.05, 0) is 50.1 Å². The fourth-order valence-corrected chi connectivity index (χ4v) is 4.63. The number of sulfonamides is 1. The van der Waals surface area contributed by atoms with Gasteiger partial charge in [-0.1, -0.05) is 12.1 Å². The minimum atomic E-state index is -3.49. The molecule has 0 aliphatic heterocycles. The van der Waals surface area contributed by atoms with Crippen LogP contribution in [0.1, 0.15) is 16.1 Å². The van der Waals surface area contributed by atoms with E-state index in [1.807, 2.05) is 32.0 Å². The summed E-state index contributed by atoms with van der Waals surface area (Å²) < 4.78 is 27.4. The molecule has 1 aromatic carbocycles. The molecule has 0 amide bonds. The minimum absolute atomic E-state index is 0.296. The summed E-state index contributed by atoms with van der Waals surface area (Å²) in [5.41, 5.74) is 2.82. The summed E-state index contributed by atoms with van der Waals surface area (Å²) in [6, 6.07) is 10.7. The highest BCUT2D eigenvalue weighted by Gasteiger charge is 2.15. The zero-order chi connectivity index (χ0) is 17.9. The number of benzene rings is 1. The third-order valence-corrected chi connectivity index (χ3v) is 6.47. The van der Waals surface area contributed by atoms with Gasteiger partial charge in [0.15, 0.2) is 0 Å². The summed E-state index contributed by atoms with van der Waals surface area (Å²) in [7, 11) is -3.49. The summed E-state index contributed by atoms with van der Waals surface area (Å²) in [5.74, 6) is 0.